The van der Waals surface area contributed by atoms with Gasteiger partial charge in [-0.1, -0.05) is 29.3 Å². The van der Waals surface area contributed by atoms with Crippen LogP contribution in [0.1, 0.15) is 16.8 Å². The summed E-state index contributed by atoms with van der Waals surface area (Å²) >= 11 is 12.0. The molecule has 0 radical (unpaired) electrons. The third-order valence-electron chi connectivity index (χ3n) is 4.28. The van der Waals surface area contributed by atoms with E-state index in [9.17, 15) is 18.0 Å². The summed E-state index contributed by atoms with van der Waals surface area (Å²) in [5, 5.41) is 0.373. The zero-order chi connectivity index (χ0) is 21.9. The second kappa shape index (κ2) is 9.07. The number of anilines is 1. The normalized spacial score (nSPS) is 16.1. The minimum atomic E-state index is -4.17. The summed E-state index contributed by atoms with van der Waals surface area (Å²) in [6.07, 6.45) is 0.649. The fourth-order valence-electron chi connectivity index (χ4n) is 2.80. The van der Waals surface area contributed by atoms with Crippen molar-refractivity contribution in [3.63, 3.8) is 0 Å². The van der Waals surface area contributed by atoms with Gasteiger partial charge < -0.3 is 9.47 Å². The van der Waals surface area contributed by atoms with Crippen LogP contribution in [0.2, 0.25) is 10.0 Å². The largest absolute Gasteiger partial charge is 0.463 e. The van der Waals surface area contributed by atoms with Gasteiger partial charge in [-0.05, 0) is 42.5 Å². The molecule has 0 aliphatic carbocycles. The molecule has 0 spiro atoms. The van der Waals surface area contributed by atoms with Gasteiger partial charge in [0, 0.05) is 11.4 Å². The highest BCUT2D eigenvalue weighted by atomic mass is 35.5. The van der Waals surface area contributed by atoms with Crippen molar-refractivity contribution in [2.75, 3.05) is 17.5 Å². The Balaban J connectivity index is 1.96. The number of hydrogen-bond acceptors (Lipinski definition) is 6. The van der Waals surface area contributed by atoms with Crippen molar-refractivity contribution in [2.45, 2.75) is 17.4 Å². The topological polar surface area (TPSA) is 90.0 Å². The maximum Gasteiger partial charge on any atom is 0.347 e. The fraction of sp³-hybridized carbons (Fsp3) is 0.200. The van der Waals surface area contributed by atoms with Gasteiger partial charge in [0.15, 0.2) is 0 Å². The highest BCUT2D eigenvalue weighted by Gasteiger charge is 2.32. The minimum Gasteiger partial charge on any atom is -0.463 e. The summed E-state index contributed by atoms with van der Waals surface area (Å²) < 4.78 is 37.6. The zero-order valence-corrected chi connectivity index (χ0v) is 17.9. The molecule has 1 fully saturated rings. The van der Waals surface area contributed by atoms with E-state index in [1.54, 1.807) is 24.3 Å². The molecule has 1 heterocycles. The molecule has 7 nitrogen and oxygen atoms in total. The number of carbonyl (C=O) groups excluding carboxylic acids is 2. The number of nitrogens with zero attached hydrogens (tertiary/aromatic N) is 1. The molecule has 0 amide bonds. The summed E-state index contributed by atoms with van der Waals surface area (Å²) in [5.74, 6) is -1.49. The smallest absolute Gasteiger partial charge is 0.347 e. The van der Waals surface area contributed by atoms with Crippen molar-refractivity contribution in [1.82, 2.24) is 0 Å². The summed E-state index contributed by atoms with van der Waals surface area (Å²) in [5.41, 5.74) is 0.282. The molecule has 2 aromatic rings. The molecule has 3 rings (SSSR count). The lowest BCUT2D eigenvalue weighted by Gasteiger charge is -2.24. The van der Waals surface area contributed by atoms with Crippen LogP contribution in [0, 0.1) is 0 Å². The number of halogens is 2. The van der Waals surface area contributed by atoms with Crippen LogP contribution < -0.4 is 4.31 Å². The molecular weight excluding hydrogens is 453 g/mol. The average Bonchev–Trinajstić information content (AvgIpc) is 3.11. The van der Waals surface area contributed by atoms with Gasteiger partial charge in [-0.15, -0.1) is 6.58 Å². The van der Waals surface area contributed by atoms with Gasteiger partial charge in [-0.25, -0.2) is 18.0 Å². The number of cyclic esters (lactones) is 1. The molecule has 10 heteroatoms. The van der Waals surface area contributed by atoms with Crippen LogP contribution in [0.5, 0.6) is 0 Å². The van der Waals surface area contributed by atoms with Crippen LogP contribution in [-0.2, 0) is 24.3 Å². The minimum absolute atomic E-state index is 0.0388. The molecule has 1 aliphatic heterocycles. The van der Waals surface area contributed by atoms with E-state index in [0.29, 0.717) is 10.7 Å². The summed E-state index contributed by atoms with van der Waals surface area (Å²) in [6.45, 7) is 3.72. The van der Waals surface area contributed by atoms with E-state index in [0.717, 1.165) is 10.4 Å². The molecule has 0 N–H and O–H groups in total. The predicted octanol–water partition coefficient (Wildman–Crippen LogP) is 3.85. The van der Waals surface area contributed by atoms with Crippen molar-refractivity contribution < 1.29 is 27.5 Å². The van der Waals surface area contributed by atoms with Gasteiger partial charge in [0.1, 0.15) is 4.90 Å². The summed E-state index contributed by atoms with van der Waals surface area (Å²) in [4.78, 5) is 23.7. The Labute approximate surface area is 183 Å². The van der Waals surface area contributed by atoms with Crippen LogP contribution >= 0.6 is 23.2 Å². The monoisotopic (exact) mass is 469 g/mol. The summed E-state index contributed by atoms with van der Waals surface area (Å²) in [6, 6.07) is 9.92. The van der Waals surface area contributed by atoms with Gasteiger partial charge in [0.2, 0.25) is 6.10 Å². The Kier molecular flexibility index (Phi) is 6.70. The molecule has 0 saturated carbocycles. The first kappa shape index (κ1) is 22.1. The highest BCUT2D eigenvalue weighted by molar-refractivity contribution is 7.93. The average molecular weight is 470 g/mol. The first-order chi connectivity index (χ1) is 14.2. The van der Waals surface area contributed by atoms with E-state index in [1.165, 1.54) is 18.2 Å². The number of ether oxygens (including phenoxy) is 2. The number of hydrogen-bond donors (Lipinski definition) is 0. The molecule has 1 aliphatic rings. The van der Waals surface area contributed by atoms with E-state index >= 15 is 0 Å². The van der Waals surface area contributed by atoms with Crippen molar-refractivity contribution in [3.8, 4) is 0 Å². The SMILES string of the molecule is C=CCN(c1ccc(Cl)cc1)S(=O)(=O)c1cc(C(=O)O[C@@H]2CCOC2=O)ccc1Cl. The Morgan fingerprint density at radius 1 is 1.23 bits per heavy atom. The molecule has 1 saturated heterocycles. The third kappa shape index (κ3) is 4.61. The van der Waals surface area contributed by atoms with Crippen molar-refractivity contribution >= 4 is 50.9 Å². The molecule has 30 heavy (non-hydrogen) atoms. The quantitative estimate of drug-likeness (QED) is 0.451. The lowest BCUT2D eigenvalue weighted by atomic mass is 10.2. The number of rotatable bonds is 7. The first-order valence-electron chi connectivity index (χ1n) is 8.80. The highest BCUT2D eigenvalue weighted by Crippen LogP contribution is 2.30. The van der Waals surface area contributed by atoms with Gasteiger partial charge in [0.25, 0.3) is 10.0 Å². The van der Waals surface area contributed by atoms with Crippen molar-refractivity contribution in [3.05, 3.63) is 70.7 Å². The van der Waals surface area contributed by atoms with Crippen molar-refractivity contribution in [2.24, 2.45) is 0 Å². The Morgan fingerprint density at radius 3 is 2.53 bits per heavy atom. The number of benzene rings is 2. The maximum absolute atomic E-state index is 13.3. The van der Waals surface area contributed by atoms with Crippen LogP contribution in [0.15, 0.2) is 60.0 Å². The van der Waals surface area contributed by atoms with Gasteiger partial charge >= 0.3 is 11.9 Å². The lowest BCUT2D eigenvalue weighted by Crippen LogP contribution is -2.31. The molecule has 158 valence electrons. The van der Waals surface area contributed by atoms with Crippen LogP contribution in [0.25, 0.3) is 0 Å². The van der Waals surface area contributed by atoms with E-state index in [2.05, 4.69) is 6.58 Å². The Hall–Kier alpha value is -2.55. The van der Waals surface area contributed by atoms with Crippen LogP contribution in [0.4, 0.5) is 5.69 Å². The predicted molar refractivity (Wildman–Crippen MR) is 112 cm³/mol. The molecule has 1 atom stereocenters. The summed E-state index contributed by atoms with van der Waals surface area (Å²) in [7, 11) is -4.17. The standard InChI is InChI=1S/C20H17Cl2NO6S/c1-2-10-23(15-6-4-14(21)5-7-15)30(26,27)18-12-13(3-8-16(18)22)19(24)29-17-9-11-28-20(17)25/h2-8,12,17H,1,9-11H2/t17-/m1/s1. The van der Waals surface area contributed by atoms with Gasteiger partial charge in [-0.3, -0.25) is 4.31 Å². The van der Waals surface area contributed by atoms with Gasteiger partial charge in [0.05, 0.1) is 29.4 Å². The molecule has 2 aromatic carbocycles. The lowest BCUT2D eigenvalue weighted by molar-refractivity contribution is -0.145. The Bertz CT molecular complexity index is 1080. The van der Waals surface area contributed by atoms with E-state index < -0.39 is 28.1 Å². The zero-order valence-electron chi connectivity index (χ0n) is 15.6. The third-order valence-corrected chi connectivity index (χ3v) is 6.81. The van der Waals surface area contributed by atoms with Crippen LogP contribution in [0.3, 0.4) is 0 Å². The first-order valence-corrected chi connectivity index (χ1v) is 11.0. The second-order valence-electron chi connectivity index (χ2n) is 6.30. The molecule has 0 unspecified atom stereocenters. The van der Waals surface area contributed by atoms with E-state index in [-0.39, 0.29) is 35.1 Å². The number of carbonyl (C=O) groups is 2. The fourth-order valence-corrected chi connectivity index (χ4v) is 4.86. The van der Waals surface area contributed by atoms with Gasteiger partial charge in [-0.2, -0.15) is 0 Å². The molecule has 0 bridgehead atoms. The molecular formula is C20H17Cl2NO6S. The number of esters is 2. The second-order valence-corrected chi connectivity index (χ2v) is 8.97. The number of sulfonamides is 1. The maximum atomic E-state index is 13.3. The van der Waals surface area contributed by atoms with E-state index in [1.807, 2.05) is 0 Å². The van der Waals surface area contributed by atoms with Crippen molar-refractivity contribution in [1.29, 1.82) is 0 Å². The van der Waals surface area contributed by atoms with E-state index in [4.69, 9.17) is 32.7 Å². The Morgan fingerprint density at radius 2 is 1.93 bits per heavy atom. The van der Waals surface area contributed by atoms with Crippen LogP contribution in [-0.4, -0.2) is 39.6 Å². The molecule has 0 aromatic heterocycles.